The van der Waals surface area contributed by atoms with Crippen LogP contribution in [0.3, 0.4) is 0 Å². The Kier molecular flexibility index (Phi) is 4.15. The van der Waals surface area contributed by atoms with E-state index in [0.717, 1.165) is 42.7 Å². The summed E-state index contributed by atoms with van der Waals surface area (Å²) < 4.78 is 0. The molecule has 2 fully saturated rings. The summed E-state index contributed by atoms with van der Waals surface area (Å²) in [6.45, 7) is 7.70. The second-order valence-corrected chi connectivity index (χ2v) is 6.00. The fourth-order valence-electron chi connectivity index (χ4n) is 3.05. The third-order valence-electron chi connectivity index (χ3n) is 4.44. The summed E-state index contributed by atoms with van der Waals surface area (Å²) >= 11 is 0. The number of aromatic nitrogens is 3. The summed E-state index contributed by atoms with van der Waals surface area (Å²) in [5, 5.41) is 11.9. The lowest BCUT2D eigenvalue weighted by Crippen LogP contribution is -2.25. The maximum Gasteiger partial charge on any atom is 0.242 e. The zero-order valence-corrected chi connectivity index (χ0v) is 12.6. The van der Waals surface area contributed by atoms with Crippen molar-refractivity contribution >= 4 is 5.95 Å². The third-order valence-corrected chi connectivity index (χ3v) is 4.44. The molecule has 0 spiro atoms. The van der Waals surface area contributed by atoms with Crippen molar-refractivity contribution < 1.29 is 0 Å². The predicted molar refractivity (Wildman–Crippen MR) is 79.8 cm³/mol. The zero-order valence-electron chi connectivity index (χ0n) is 12.6. The number of hydrogen-bond acceptors (Lipinski definition) is 5. The van der Waals surface area contributed by atoms with E-state index in [9.17, 15) is 0 Å². The largest absolute Gasteiger partial charge is 0.353 e. The van der Waals surface area contributed by atoms with Gasteiger partial charge in [0, 0.05) is 19.1 Å². The Hall–Kier alpha value is -1.23. The van der Waals surface area contributed by atoms with E-state index in [4.69, 9.17) is 0 Å². The molecule has 5 heteroatoms. The number of anilines is 1. The van der Waals surface area contributed by atoms with Gasteiger partial charge in [0.2, 0.25) is 5.95 Å². The van der Waals surface area contributed by atoms with Crippen LogP contribution in [0.1, 0.15) is 44.5 Å². The number of nitrogens with one attached hydrogen (secondary N) is 1. The molecule has 1 N–H and O–H groups in total. The van der Waals surface area contributed by atoms with Crippen LogP contribution in [-0.4, -0.2) is 45.8 Å². The summed E-state index contributed by atoms with van der Waals surface area (Å²) in [5.41, 5.74) is 2.11. The molecule has 1 aliphatic carbocycles. The van der Waals surface area contributed by atoms with Crippen molar-refractivity contribution in [1.29, 1.82) is 0 Å². The molecule has 0 amide bonds. The molecule has 1 unspecified atom stereocenters. The van der Waals surface area contributed by atoms with Crippen molar-refractivity contribution in [1.82, 2.24) is 20.1 Å². The molecule has 20 heavy (non-hydrogen) atoms. The van der Waals surface area contributed by atoms with Gasteiger partial charge in [-0.05, 0) is 44.6 Å². The van der Waals surface area contributed by atoms with Crippen molar-refractivity contribution in [2.45, 2.75) is 52.0 Å². The Bertz CT molecular complexity index is 458. The van der Waals surface area contributed by atoms with Gasteiger partial charge in [0.05, 0.1) is 11.4 Å². The molecule has 0 radical (unpaired) electrons. The minimum Gasteiger partial charge on any atom is -0.353 e. The Morgan fingerprint density at radius 1 is 1.10 bits per heavy atom. The third kappa shape index (κ3) is 3.08. The van der Waals surface area contributed by atoms with E-state index in [0.29, 0.717) is 5.95 Å². The molecule has 110 valence electrons. The summed E-state index contributed by atoms with van der Waals surface area (Å²) in [6.07, 6.45) is 5.94. The van der Waals surface area contributed by atoms with Gasteiger partial charge in [-0.3, -0.25) is 0 Å². The number of rotatable bonds is 6. The molecule has 1 saturated heterocycles. The first kappa shape index (κ1) is 13.7. The average Bonchev–Trinajstić information content (AvgIpc) is 3.23. The SMILES string of the molecule is CCc1nnc(NCC2CCN(C3CC3)C2)nc1CC. The Morgan fingerprint density at radius 2 is 1.90 bits per heavy atom. The van der Waals surface area contributed by atoms with Gasteiger partial charge in [-0.2, -0.15) is 5.10 Å². The van der Waals surface area contributed by atoms with Gasteiger partial charge in [0.1, 0.15) is 0 Å². The van der Waals surface area contributed by atoms with Crippen LogP contribution in [0.2, 0.25) is 0 Å². The molecular weight excluding hydrogens is 250 g/mol. The molecule has 2 heterocycles. The maximum atomic E-state index is 4.59. The van der Waals surface area contributed by atoms with Crippen molar-refractivity contribution in [3.63, 3.8) is 0 Å². The number of nitrogens with zero attached hydrogens (tertiary/aromatic N) is 4. The summed E-state index contributed by atoms with van der Waals surface area (Å²) in [5.74, 6) is 1.43. The molecule has 0 aromatic carbocycles. The quantitative estimate of drug-likeness (QED) is 0.859. The summed E-state index contributed by atoms with van der Waals surface area (Å²) in [6, 6.07) is 0.897. The first-order valence-electron chi connectivity index (χ1n) is 8.00. The molecule has 1 atom stereocenters. The van der Waals surface area contributed by atoms with Crippen LogP contribution < -0.4 is 5.32 Å². The maximum absolute atomic E-state index is 4.59. The fourth-order valence-corrected chi connectivity index (χ4v) is 3.05. The minimum absolute atomic E-state index is 0.698. The van der Waals surface area contributed by atoms with E-state index in [1.807, 2.05) is 0 Å². The number of likely N-dealkylation sites (tertiary alicyclic amines) is 1. The molecular formula is C15H25N5. The lowest BCUT2D eigenvalue weighted by Gasteiger charge is -2.15. The highest BCUT2D eigenvalue weighted by Gasteiger charge is 2.34. The van der Waals surface area contributed by atoms with Crippen LogP contribution in [0.4, 0.5) is 5.95 Å². The van der Waals surface area contributed by atoms with Crippen LogP contribution in [0.5, 0.6) is 0 Å². The van der Waals surface area contributed by atoms with Crippen LogP contribution in [0.15, 0.2) is 0 Å². The zero-order chi connectivity index (χ0) is 13.9. The Balaban J connectivity index is 1.53. The van der Waals surface area contributed by atoms with Crippen molar-refractivity contribution in [2.24, 2.45) is 5.92 Å². The number of hydrogen-bond donors (Lipinski definition) is 1. The van der Waals surface area contributed by atoms with E-state index in [1.165, 1.54) is 32.4 Å². The predicted octanol–water partition coefficient (Wildman–Crippen LogP) is 1.89. The smallest absolute Gasteiger partial charge is 0.242 e. The molecule has 1 aromatic rings. The van der Waals surface area contributed by atoms with E-state index >= 15 is 0 Å². The normalized spacial score (nSPS) is 23.2. The highest BCUT2D eigenvalue weighted by Crippen LogP contribution is 2.31. The molecule has 1 aromatic heterocycles. The van der Waals surface area contributed by atoms with Crippen molar-refractivity contribution in [2.75, 3.05) is 25.0 Å². The van der Waals surface area contributed by atoms with Crippen LogP contribution in [0.25, 0.3) is 0 Å². The van der Waals surface area contributed by atoms with Gasteiger partial charge >= 0.3 is 0 Å². The molecule has 1 saturated carbocycles. The summed E-state index contributed by atoms with van der Waals surface area (Å²) in [4.78, 5) is 7.23. The fraction of sp³-hybridized carbons (Fsp3) is 0.800. The van der Waals surface area contributed by atoms with Gasteiger partial charge in [-0.15, -0.1) is 5.10 Å². The second-order valence-electron chi connectivity index (χ2n) is 6.00. The van der Waals surface area contributed by atoms with Crippen molar-refractivity contribution in [3.05, 3.63) is 11.4 Å². The van der Waals surface area contributed by atoms with E-state index < -0.39 is 0 Å². The molecule has 0 bridgehead atoms. The van der Waals surface area contributed by atoms with Gasteiger partial charge in [0.25, 0.3) is 0 Å². The van der Waals surface area contributed by atoms with E-state index in [2.05, 4.69) is 39.2 Å². The van der Waals surface area contributed by atoms with Crippen LogP contribution in [0, 0.1) is 5.92 Å². The highest BCUT2D eigenvalue weighted by atomic mass is 15.2. The molecule has 3 rings (SSSR count). The highest BCUT2D eigenvalue weighted by molar-refractivity contribution is 5.26. The first-order chi connectivity index (χ1) is 9.80. The Morgan fingerprint density at radius 3 is 2.60 bits per heavy atom. The number of aryl methyl sites for hydroxylation is 2. The van der Waals surface area contributed by atoms with Gasteiger partial charge < -0.3 is 10.2 Å². The topological polar surface area (TPSA) is 53.9 Å². The molecule has 2 aliphatic rings. The molecule has 5 nitrogen and oxygen atoms in total. The average molecular weight is 275 g/mol. The van der Waals surface area contributed by atoms with Gasteiger partial charge in [-0.25, -0.2) is 4.98 Å². The minimum atomic E-state index is 0.698. The monoisotopic (exact) mass is 275 g/mol. The standard InChI is InChI=1S/C15H25N5/c1-3-13-14(4-2)18-19-15(17-13)16-9-11-7-8-20(10-11)12-5-6-12/h11-12H,3-10H2,1-2H3,(H,16,17,19). The first-order valence-corrected chi connectivity index (χ1v) is 8.00. The van der Waals surface area contributed by atoms with E-state index in [-0.39, 0.29) is 0 Å². The summed E-state index contributed by atoms with van der Waals surface area (Å²) in [7, 11) is 0. The van der Waals surface area contributed by atoms with E-state index in [1.54, 1.807) is 0 Å². The van der Waals surface area contributed by atoms with Gasteiger partial charge in [0.15, 0.2) is 0 Å². The lowest BCUT2D eigenvalue weighted by atomic mass is 10.1. The second kappa shape index (κ2) is 6.04. The van der Waals surface area contributed by atoms with Crippen molar-refractivity contribution in [3.8, 4) is 0 Å². The van der Waals surface area contributed by atoms with Crippen LogP contribution in [-0.2, 0) is 12.8 Å². The van der Waals surface area contributed by atoms with Crippen LogP contribution >= 0.6 is 0 Å². The molecule has 1 aliphatic heterocycles. The lowest BCUT2D eigenvalue weighted by molar-refractivity contribution is 0.316. The van der Waals surface area contributed by atoms with Gasteiger partial charge in [-0.1, -0.05) is 13.8 Å². The Labute approximate surface area is 121 Å².